The Morgan fingerprint density at radius 3 is 2.33 bits per heavy atom. The number of amides is 2. The molecule has 0 aliphatic heterocycles. The van der Waals surface area contributed by atoms with E-state index in [2.05, 4.69) is 10.6 Å². The predicted molar refractivity (Wildman–Crippen MR) is 44.4 cm³/mol. The van der Waals surface area contributed by atoms with Crippen molar-refractivity contribution in [3.63, 3.8) is 0 Å². The molecule has 1 rings (SSSR count). The molecule has 0 spiro atoms. The van der Waals surface area contributed by atoms with Gasteiger partial charge >= 0.3 is 0 Å². The summed E-state index contributed by atoms with van der Waals surface area (Å²) < 4.78 is 0. The third-order valence-corrected chi connectivity index (χ3v) is 2.25. The van der Waals surface area contributed by atoms with Crippen molar-refractivity contribution < 1.29 is 9.59 Å². The summed E-state index contributed by atoms with van der Waals surface area (Å²) >= 11 is 0. The van der Waals surface area contributed by atoms with E-state index in [4.69, 9.17) is 0 Å². The molecule has 0 aromatic rings. The van der Waals surface area contributed by atoms with Gasteiger partial charge < -0.3 is 10.6 Å². The lowest BCUT2D eigenvalue weighted by Crippen LogP contribution is -2.51. The zero-order chi connectivity index (χ0) is 9.14. The topological polar surface area (TPSA) is 58.2 Å². The molecule has 4 nitrogen and oxygen atoms in total. The zero-order valence-corrected chi connectivity index (χ0v) is 7.39. The smallest absolute Gasteiger partial charge is 0.224 e. The molecule has 2 atom stereocenters. The number of carbonyl (C=O) groups is 2. The molecular weight excluding hydrogens is 156 g/mol. The van der Waals surface area contributed by atoms with Crippen LogP contribution in [0.1, 0.15) is 19.8 Å². The number of hydrogen-bond acceptors (Lipinski definition) is 2. The molecule has 1 saturated carbocycles. The molecule has 2 N–H and O–H groups in total. The van der Waals surface area contributed by atoms with Gasteiger partial charge in [0.1, 0.15) is 0 Å². The van der Waals surface area contributed by atoms with E-state index in [0.29, 0.717) is 0 Å². The minimum Gasteiger partial charge on any atom is -0.359 e. The van der Waals surface area contributed by atoms with E-state index in [1.807, 2.05) is 0 Å². The lowest BCUT2D eigenvalue weighted by Gasteiger charge is -2.35. The molecule has 0 radical (unpaired) electrons. The second kappa shape index (κ2) is 3.56. The predicted octanol–water partition coefficient (Wildman–Crippen LogP) is -0.353. The minimum absolute atomic E-state index is 0.0149. The van der Waals surface area contributed by atoms with Gasteiger partial charge in [-0.2, -0.15) is 0 Å². The highest BCUT2D eigenvalue weighted by Gasteiger charge is 2.36. The van der Waals surface area contributed by atoms with Crippen molar-refractivity contribution >= 4 is 11.8 Å². The minimum atomic E-state index is -0.0615. The molecule has 12 heavy (non-hydrogen) atoms. The Labute approximate surface area is 71.7 Å². The van der Waals surface area contributed by atoms with E-state index in [9.17, 15) is 9.59 Å². The van der Waals surface area contributed by atoms with Gasteiger partial charge in [-0.1, -0.05) is 0 Å². The molecule has 0 aromatic carbocycles. The van der Waals surface area contributed by atoms with Crippen LogP contribution in [0, 0.1) is 5.92 Å². The largest absolute Gasteiger partial charge is 0.359 e. The van der Waals surface area contributed by atoms with Crippen molar-refractivity contribution in [1.82, 2.24) is 10.6 Å². The van der Waals surface area contributed by atoms with Crippen LogP contribution in [-0.4, -0.2) is 24.9 Å². The van der Waals surface area contributed by atoms with Crippen molar-refractivity contribution in [1.29, 1.82) is 0 Å². The first kappa shape index (κ1) is 9.03. The molecule has 1 aliphatic rings. The lowest BCUT2D eigenvalue weighted by atomic mass is 9.79. The summed E-state index contributed by atoms with van der Waals surface area (Å²) in [6, 6.07) is 0.0578. The summed E-state index contributed by atoms with van der Waals surface area (Å²) in [6.07, 6.45) is 1.79. The van der Waals surface area contributed by atoms with Gasteiger partial charge in [0.15, 0.2) is 0 Å². The van der Waals surface area contributed by atoms with Crippen molar-refractivity contribution in [2.75, 3.05) is 7.05 Å². The number of hydrogen-bond donors (Lipinski definition) is 2. The Hall–Kier alpha value is -1.06. The maximum Gasteiger partial charge on any atom is 0.224 e. The second-order valence-electron chi connectivity index (χ2n) is 3.11. The molecule has 68 valence electrons. The lowest BCUT2D eigenvalue weighted by molar-refractivity contribution is -0.129. The van der Waals surface area contributed by atoms with Gasteiger partial charge in [0.25, 0.3) is 0 Å². The first-order chi connectivity index (χ1) is 5.65. The van der Waals surface area contributed by atoms with Crippen LogP contribution < -0.4 is 10.6 Å². The van der Waals surface area contributed by atoms with Crippen molar-refractivity contribution in [2.45, 2.75) is 25.8 Å². The molecule has 2 amide bonds. The van der Waals surface area contributed by atoms with E-state index in [0.717, 1.165) is 12.8 Å². The number of rotatable bonds is 2. The molecule has 4 heteroatoms. The Kier molecular flexibility index (Phi) is 2.68. The molecule has 0 unspecified atom stereocenters. The third kappa shape index (κ3) is 1.75. The van der Waals surface area contributed by atoms with Gasteiger partial charge in [0.2, 0.25) is 11.8 Å². The summed E-state index contributed by atoms with van der Waals surface area (Å²) in [5.74, 6) is -0.0486. The molecule has 0 aromatic heterocycles. The first-order valence-electron chi connectivity index (χ1n) is 4.14. The average molecular weight is 170 g/mol. The summed E-state index contributed by atoms with van der Waals surface area (Å²) in [5.41, 5.74) is 0. The SMILES string of the molecule is CNC(=O)[C@@H]1CC[C@@H]1NC(C)=O. The highest BCUT2D eigenvalue weighted by atomic mass is 16.2. The van der Waals surface area contributed by atoms with Gasteiger partial charge in [0.05, 0.1) is 5.92 Å². The monoisotopic (exact) mass is 170 g/mol. The third-order valence-electron chi connectivity index (χ3n) is 2.25. The molecule has 0 heterocycles. The first-order valence-corrected chi connectivity index (χ1v) is 4.14. The Bertz CT molecular complexity index is 203. The van der Waals surface area contributed by atoms with Crippen molar-refractivity contribution in [2.24, 2.45) is 5.92 Å². The molecule has 1 aliphatic carbocycles. The highest BCUT2D eigenvalue weighted by molar-refractivity contribution is 5.81. The summed E-state index contributed by atoms with van der Waals surface area (Å²) in [4.78, 5) is 21.8. The van der Waals surface area contributed by atoms with Crippen LogP contribution in [0.5, 0.6) is 0 Å². The van der Waals surface area contributed by atoms with Crippen LogP contribution in [0.25, 0.3) is 0 Å². The summed E-state index contributed by atoms with van der Waals surface area (Å²) in [5, 5.41) is 5.32. The van der Waals surface area contributed by atoms with E-state index in [-0.39, 0.29) is 23.8 Å². The quantitative estimate of drug-likeness (QED) is 0.595. The van der Waals surface area contributed by atoms with Gasteiger partial charge in [-0.3, -0.25) is 9.59 Å². The Balaban J connectivity index is 2.38. The Morgan fingerprint density at radius 1 is 1.33 bits per heavy atom. The van der Waals surface area contributed by atoms with Gasteiger partial charge in [-0.05, 0) is 12.8 Å². The number of carbonyl (C=O) groups excluding carboxylic acids is 2. The van der Waals surface area contributed by atoms with E-state index >= 15 is 0 Å². The fourth-order valence-corrected chi connectivity index (χ4v) is 1.43. The van der Waals surface area contributed by atoms with E-state index < -0.39 is 0 Å². The maximum atomic E-state index is 11.1. The second-order valence-corrected chi connectivity index (χ2v) is 3.11. The van der Waals surface area contributed by atoms with Crippen LogP contribution in [0.4, 0.5) is 0 Å². The average Bonchev–Trinajstić information content (AvgIpc) is 1.98. The van der Waals surface area contributed by atoms with Crippen LogP contribution in [-0.2, 0) is 9.59 Å². The summed E-state index contributed by atoms with van der Waals surface area (Å²) in [6.45, 7) is 1.47. The molecular formula is C8H14N2O2. The Morgan fingerprint density at radius 2 is 2.00 bits per heavy atom. The van der Waals surface area contributed by atoms with E-state index in [1.165, 1.54) is 6.92 Å². The van der Waals surface area contributed by atoms with Crippen LogP contribution in [0.2, 0.25) is 0 Å². The molecule has 0 saturated heterocycles. The number of nitrogens with one attached hydrogen (secondary N) is 2. The normalized spacial score (nSPS) is 27.2. The molecule has 1 fully saturated rings. The summed E-state index contributed by atoms with van der Waals surface area (Å²) in [7, 11) is 1.62. The van der Waals surface area contributed by atoms with Crippen molar-refractivity contribution in [3.05, 3.63) is 0 Å². The van der Waals surface area contributed by atoms with Crippen LogP contribution >= 0.6 is 0 Å². The zero-order valence-electron chi connectivity index (χ0n) is 7.39. The standard InChI is InChI=1S/C8H14N2O2/c1-5(11)10-7-4-3-6(7)8(12)9-2/h6-7H,3-4H2,1-2H3,(H,9,12)(H,10,11)/t6-,7+/m1/s1. The fraction of sp³-hybridized carbons (Fsp3) is 0.750. The molecule has 0 bridgehead atoms. The highest BCUT2D eigenvalue weighted by Crippen LogP contribution is 2.27. The van der Waals surface area contributed by atoms with Crippen molar-refractivity contribution in [3.8, 4) is 0 Å². The van der Waals surface area contributed by atoms with Gasteiger partial charge in [-0.25, -0.2) is 0 Å². The van der Waals surface area contributed by atoms with Gasteiger partial charge in [0, 0.05) is 20.0 Å². The van der Waals surface area contributed by atoms with Gasteiger partial charge in [-0.15, -0.1) is 0 Å². The van der Waals surface area contributed by atoms with E-state index in [1.54, 1.807) is 7.05 Å². The van der Waals surface area contributed by atoms with Crippen LogP contribution in [0.3, 0.4) is 0 Å². The van der Waals surface area contributed by atoms with Crippen LogP contribution in [0.15, 0.2) is 0 Å². The maximum absolute atomic E-state index is 11.1. The fourth-order valence-electron chi connectivity index (χ4n) is 1.43.